The van der Waals surface area contributed by atoms with Gasteiger partial charge >= 0.3 is 5.69 Å². The lowest BCUT2D eigenvalue weighted by molar-refractivity contribution is -0.386. The van der Waals surface area contributed by atoms with Crippen LogP contribution < -0.4 is 5.73 Å². The molecular formula is C7H12N4O2. The van der Waals surface area contributed by atoms with E-state index < -0.39 is 10.5 Å². The summed E-state index contributed by atoms with van der Waals surface area (Å²) in [6.45, 7) is 3.37. The Morgan fingerprint density at radius 2 is 2.23 bits per heavy atom. The minimum absolute atomic E-state index is 0.0324. The molecule has 1 aromatic heterocycles. The summed E-state index contributed by atoms with van der Waals surface area (Å²) in [5.74, 6) is 0. The van der Waals surface area contributed by atoms with E-state index in [0.29, 0.717) is 5.69 Å². The molecule has 0 aliphatic carbocycles. The molecule has 6 nitrogen and oxygen atoms in total. The average Bonchev–Trinajstić information content (AvgIpc) is 2.29. The molecule has 0 unspecified atom stereocenters. The van der Waals surface area contributed by atoms with Crippen molar-refractivity contribution in [1.82, 2.24) is 9.78 Å². The molecule has 0 saturated heterocycles. The third-order valence-corrected chi connectivity index (χ3v) is 1.62. The molecule has 0 radical (unpaired) electrons. The normalized spacial score (nSPS) is 11.7. The molecule has 1 aromatic rings. The number of aromatic nitrogens is 2. The molecule has 1 rings (SSSR count). The molecule has 0 aliphatic rings. The fourth-order valence-corrected chi connectivity index (χ4v) is 1.07. The molecule has 0 aliphatic heterocycles. The largest absolute Gasteiger partial charge is 0.320 e. The molecule has 0 bridgehead atoms. The second-order valence-corrected chi connectivity index (χ2v) is 3.52. The van der Waals surface area contributed by atoms with Crippen LogP contribution in [0, 0.1) is 10.1 Å². The van der Waals surface area contributed by atoms with Crippen molar-refractivity contribution in [2.45, 2.75) is 19.4 Å². The van der Waals surface area contributed by atoms with E-state index in [4.69, 9.17) is 5.73 Å². The van der Waals surface area contributed by atoms with Crippen LogP contribution in [-0.4, -0.2) is 14.7 Å². The van der Waals surface area contributed by atoms with Crippen molar-refractivity contribution < 1.29 is 4.92 Å². The van der Waals surface area contributed by atoms with E-state index in [-0.39, 0.29) is 5.69 Å². The van der Waals surface area contributed by atoms with Gasteiger partial charge in [-0.3, -0.25) is 14.8 Å². The zero-order valence-corrected chi connectivity index (χ0v) is 7.81. The maximum absolute atomic E-state index is 10.6. The summed E-state index contributed by atoms with van der Waals surface area (Å²) < 4.78 is 1.39. The molecule has 0 aromatic carbocycles. The molecule has 0 fully saturated rings. The van der Waals surface area contributed by atoms with Gasteiger partial charge in [-0.25, -0.2) is 0 Å². The van der Waals surface area contributed by atoms with E-state index in [9.17, 15) is 10.1 Å². The van der Waals surface area contributed by atoms with Gasteiger partial charge in [0.2, 0.25) is 0 Å². The monoisotopic (exact) mass is 184 g/mol. The first-order valence-corrected chi connectivity index (χ1v) is 3.80. The number of nitro groups is 1. The Morgan fingerprint density at radius 1 is 1.69 bits per heavy atom. The highest BCUT2D eigenvalue weighted by molar-refractivity contribution is 5.36. The highest BCUT2D eigenvalue weighted by Crippen LogP contribution is 2.25. The van der Waals surface area contributed by atoms with Gasteiger partial charge in [-0.05, 0) is 13.8 Å². The van der Waals surface area contributed by atoms with Crippen LogP contribution in [0.3, 0.4) is 0 Å². The van der Waals surface area contributed by atoms with E-state index in [1.54, 1.807) is 20.9 Å². The summed E-state index contributed by atoms with van der Waals surface area (Å²) in [5.41, 5.74) is 5.21. The number of rotatable bonds is 2. The Bertz CT molecular complexity index is 337. The fraction of sp³-hybridized carbons (Fsp3) is 0.571. The standard InChI is InChI=1S/C7H12N4O2/c1-7(2,8)6-5(11(12)13)4-10(3)9-6/h4H,8H2,1-3H3. The van der Waals surface area contributed by atoms with Gasteiger partial charge in [0, 0.05) is 7.05 Å². The minimum Gasteiger partial charge on any atom is -0.320 e. The molecule has 0 saturated carbocycles. The summed E-state index contributed by atoms with van der Waals surface area (Å²) in [7, 11) is 1.63. The van der Waals surface area contributed by atoms with Gasteiger partial charge in [-0.1, -0.05) is 0 Å². The summed E-state index contributed by atoms with van der Waals surface area (Å²) in [6, 6.07) is 0. The van der Waals surface area contributed by atoms with Gasteiger partial charge in [-0.2, -0.15) is 5.10 Å². The van der Waals surface area contributed by atoms with Crippen molar-refractivity contribution >= 4 is 5.69 Å². The summed E-state index contributed by atoms with van der Waals surface area (Å²) in [4.78, 5) is 10.1. The smallest absolute Gasteiger partial charge is 0.312 e. The van der Waals surface area contributed by atoms with E-state index in [1.807, 2.05) is 0 Å². The Kier molecular flexibility index (Phi) is 2.09. The van der Waals surface area contributed by atoms with E-state index in [1.165, 1.54) is 10.9 Å². The SMILES string of the molecule is Cn1cc([N+](=O)[O-])c(C(C)(C)N)n1. The molecule has 0 atom stereocenters. The van der Waals surface area contributed by atoms with Crippen LogP contribution in [-0.2, 0) is 12.6 Å². The second-order valence-electron chi connectivity index (χ2n) is 3.52. The average molecular weight is 184 g/mol. The van der Waals surface area contributed by atoms with E-state index in [2.05, 4.69) is 5.10 Å². The number of aryl methyl sites for hydroxylation is 1. The quantitative estimate of drug-likeness (QED) is 0.536. The lowest BCUT2D eigenvalue weighted by Crippen LogP contribution is -2.30. The Balaban J connectivity index is 3.28. The molecule has 13 heavy (non-hydrogen) atoms. The third kappa shape index (κ3) is 1.83. The Morgan fingerprint density at radius 3 is 2.54 bits per heavy atom. The number of nitrogens with zero attached hydrogens (tertiary/aromatic N) is 3. The molecule has 72 valence electrons. The number of hydrogen-bond acceptors (Lipinski definition) is 4. The maximum atomic E-state index is 10.6. The number of hydrogen-bond donors (Lipinski definition) is 1. The van der Waals surface area contributed by atoms with Crippen LogP contribution in [0.15, 0.2) is 6.20 Å². The lowest BCUT2D eigenvalue weighted by Gasteiger charge is -2.13. The molecule has 6 heteroatoms. The van der Waals surface area contributed by atoms with Crippen LogP contribution in [0.4, 0.5) is 5.69 Å². The Hall–Kier alpha value is -1.43. The molecule has 0 spiro atoms. The number of nitrogens with two attached hydrogens (primary N) is 1. The first-order chi connectivity index (χ1) is 5.82. The van der Waals surface area contributed by atoms with Crippen LogP contribution in [0.1, 0.15) is 19.5 Å². The molecule has 0 amide bonds. The predicted molar refractivity (Wildman–Crippen MR) is 47.1 cm³/mol. The van der Waals surface area contributed by atoms with Crippen molar-refractivity contribution in [1.29, 1.82) is 0 Å². The van der Waals surface area contributed by atoms with Crippen LogP contribution >= 0.6 is 0 Å². The van der Waals surface area contributed by atoms with Crippen LogP contribution in [0.5, 0.6) is 0 Å². The Labute approximate surface area is 75.5 Å². The summed E-state index contributed by atoms with van der Waals surface area (Å²) in [6.07, 6.45) is 1.35. The lowest BCUT2D eigenvalue weighted by atomic mass is 10.0. The van der Waals surface area contributed by atoms with E-state index >= 15 is 0 Å². The van der Waals surface area contributed by atoms with Gasteiger partial charge in [0.1, 0.15) is 6.20 Å². The van der Waals surface area contributed by atoms with Crippen molar-refractivity contribution in [2.24, 2.45) is 12.8 Å². The minimum atomic E-state index is -0.788. The van der Waals surface area contributed by atoms with Crippen molar-refractivity contribution in [3.63, 3.8) is 0 Å². The maximum Gasteiger partial charge on any atom is 0.312 e. The molecular weight excluding hydrogens is 172 g/mol. The predicted octanol–water partition coefficient (Wildman–Crippen LogP) is 0.522. The first kappa shape index (κ1) is 9.66. The van der Waals surface area contributed by atoms with Gasteiger partial charge < -0.3 is 5.73 Å². The highest BCUT2D eigenvalue weighted by Gasteiger charge is 2.29. The van der Waals surface area contributed by atoms with Crippen LogP contribution in [0.2, 0.25) is 0 Å². The second kappa shape index (κ2) is 2.81. The third-order valence-electron chi connectivity index (χ3n) is 1.62. The van der Waals surface area contributed by atoms with Crippen molar-refractivity contribution in [3.8, 4) is 0 Å². The van der Waals surface area contributed by atoms with Gasteiger partial charge in [0.25, 0.3) is 0 Å². The van der Waals surface area contributed by atoms with Crippen molar-refractivity contribution in [3.05, 3.63) is 22.0 Å². The van der Waals surface area contributed by atoms with Crippen LogP contribution in [0.25, 0.3) is 0 Å². The van der Waals surface area contributed by atoms with Gasteiger partial charge in [0.05, 0.1) is 10.5 Å². The zero-order chi connectivity index (χ0) is 10.2. The summed E-state index contributed by atoms with van der Waals surface area (Å²) >= 11 is 0. The van der Waals surface area contributed by atoms with Gasteiger partial charge in [-0.15, -0.1) is 0 Å². The molecule has 2 N–H and O–H groups in total. The first-order valence-electron chi connectivity index (χ1n) is 3.80. The van der Waals surface area contributed by atoms with Gasteiger partial charge in [0.15, 0.2) is 5.69 Å². The zero-order valence-electron chi connectivity index (χ0n) is 7.81. The molecule has 1 heterocycles. The van der Waals surface area contributed by atoms with E-state index in [0.717, 1.165) is 0 Å². The topological polar surface area (TPSA) is 87.0 Å². The highest BCUT2D eigenvalue weighted by atomic mass is 16.6. The summed E-state index contributed by atoms with van der Waals surface area (Å²) in [5, 5.41) is 14.5. The fourth-order valence-electron chi connectivity index (χ4n) is 1.07. The van der Waals surface area contributed by atoms with Crippen molar-refractivity contribution in [2.75, 3.05) is 0 Å².